The Kier molecular flexibility index (Phi) is 7.38. The molecule has 5 heteroatoms. The van der Waals surface area contributed by atoms with Crippen LogP contribution in [0, 0.1) is 17.8 Å². The van der Waals surface area contributed by atoms with Crippen molar-refractivity contribution in [2.45, 2.75) is 55.8 Å². The third-order valence-corrected chi connectivity index (χ3v) is 9.27. The molecule has 2 aromatic rings. The molecule has 0 spiro atoms. The number of ether oxygens (including phenoxy) is 2. The number of hydrogen-bond acceptors (Lipinski definition) is 4. The van der Waals surface area contributed by atoms with Gasteiger partial charge >= 0.3 is 5.97 Å². The Bertz CT molecular complexity index is 1050. The number of thioether (sulfide) groups is 1. The van der Waals surface area contributed by atoms with Crippen LogP contribution >= 0.6 is 11.8 Å². The number of rotatable bonds is 10. The highest BCUT2D eigenvalue weighted by molar-refractivity contribution is 7.99. The molecule has 0 aromatic heterocycles. The Morgan fingerprint density at radius 3 is 2.23 bits per heavy atom. The van der Waals surface area contributed by atoms with Crippen LogP contribution in [-0.4, -0.2) is 37.3 Å². The quantitative estimate of drug-likeness (QED) is 0.166. The Labute approximate surface area is 213 Å². The molecule has 0 atom stereocenters. The van der Waals surface area contributed by atoms with Crippen LogP contribution in [0.15, 0.2) is 47.4 Å². The van der Waals surface area contributed by atoms with Gasteiger partial charge in [-0.25, -0.2) is 4.79 Å². The minimum absolute atomic E-state index is 0.309. The van der Waals surface area contributed by atoms with E-state index in [1.807, 2.05) is 23.9 Å². The van der Waals surface area contributed by atoms with Gasteiger partial charge in [0.15, 0.2) is 0 Å². The van der Waals surface area contributed by atoms with Crippen molar-refractivity contribution in [3.63, 3.8) is 0 Å². The normalized spacial score (nSPS) is 27.4. The fraction of sp³-hybridized carbons (Fsp3) is 0.500. The zero-order chi connectivity index (χ0) is 24.4. The minimum Gasteiger partial charge on any atom is -0.478 e. The van der Waals surface area contributed by atoms with Gasteiger partial charge in [0, 0.05) is 12.0 Å². The average molecular weight is 493 g/mol. The van der Waals surface area contributed by atoms with Crippen molar-refractivity contribution in [3.05, 3.63) is 64.7 Å². The van der Waals surface area contributed by atoms with Crippen molar-refractivity contribution in [2.24, 2.45) is 17.8 Å². The fourth-order valence-electron chi connectivity index (χ4n) is 7.12. The third kappa shape index (κ3) is 5.37. The van der Waals surface area contributed by atoms with Crippen LogP contribution in [0.5, 0.6) is 0 Å². The van der Waals surface area contributed by atoms with E-state index in [0.29, 0.717) is 30.1 Å². The van der Waals surface area contributed by atoms with E-state index in [-0.39, 0.29) is 0 Å². The summed E-state index contributed by atoms with van der Waals surface area (Å²) in [4.78, 5) is 12.5. The van der Waals surface area contributed by atoms with Gasteiger partial charge in [-0.3, -0.25) is 0 Å². The average Bonchev–Trinajstić information content (AvgIpc) is 2.83. The van der Waals surface area contributed by atoms with Crippen molar-refractivity contribution in [2.75, 3.05) is 26.3 Å². The summed E-state index contributed by atoms with van der Waals surface area (Å²) >= 11 is 1.82. The predicted molar refractivity (Wildman–Crippen MR) is 142 cm³/mol. The Balaban J connectivity index is 1.44. The van der Waals surface area contributed by atoms with E-state index in [2.05, 4.69) is 31.2 Å². The molecular formula is C30H36O4S. The molecule has 4 saturated carbocycles. The Morgan fingerprint density at radius 1 is 1.00 bits per heavy atom. The molecular weight excluding hydrogens is 456 g/mol. The number of carbonyl (C=O) groups is 1. The molecule has 4 aliphatic rings. The predicted octanol–water partition coefficient (Wildman–Crippen LogP) is 7.13. The molecule has 4 nitrogen and oxygen atoms in total. The first-order valence-electron chi connectivity index (χ1n) is 12.8. The highest BCUT2D eigenvalue weighted by Gasteiger charge is 2.52. The van der Waals surface area contributed by atoms with Crippen molar-refractivity contribution in [3.8, 4) is 0 Å². The van der Waals surface area contributed by atoms with Gasteiger partial charge in [-0.2, -0.15) is 0 Å². The second-order valence-electron chi connectivity index (χ2n) is 10.8. The monoisotopic (exact) mass is 492 g/mol. The van der Waals surface area contributed by atoms with Crippen molar-refractivity contribution in [1.82, 2.24) is 0 Å². The van der Waals surface area contributed by atoms with Crippen LogP contribution in [0.1, 0.15) is 72.5 Å². The van der Waals surface area contributed by atoms with Crippen molar-refractivity contribution < 1.29 is 19.4 Å². The molecule has 0 heterocycles. The summed E-state index contributed by atoms with van der Waals surface area (Å²) in [5.74, 6) is 2.43. The van der Waals surface area contributed by atoms with Crippen molar-refractivity contribution >= 4 is 29.4 Å². The highest BCUT2D eigenvalue weighted by atomic mass is 32.2. The maximum atomic E-state index is 11.2. The maximum Gasteiger partial charge on any atom is 0.335 e. The SMILES string of the molecule is COCCOCSc1ccc(C(C)=Cc2ccc(C(=O)O)cc2)cc1C12CC3CC(CC(C3)C1)C2. The third-order valence-electron chi connectivity index (χ3n) is 8.31. The van der Waals surface area contributed by atoms with Crippen LogP contribution in [0.3, 0.4) is 0 Å². The van der Waals surface area contributed by atoms with Gasteiger partial charge in [-0.15, -0.1) is 0 Å². The smallest absolute Gasteiger partial charge is 0.335 e. The lowest BCUT2D eigenvalue weighted by molar-refractivity contribution is -0.00642. The lowest BCUT2D eigenvalue weighted by atomic mass is 9.48. The van der Waals surface area contributed by atoms with Crippen LogP contribution in [0.25, 0.3) is 11.6 Å². The van der Waals surface area contributed by atoms with Gasteiger partial charge in [0.1, 0.15) is 0 Å². The summed E-state index contributed by atoms with van der Waals surface area (Å²) < 4.78 is 10.9. The molecule has 186 valence electrons. The summed E-state index contributed by atoms with van der Waals surface area (Å²) in [7, 11) is 1.71. The van der Waals surface area contributed by atoms with Crippen molar-refractivity contribution in [1.29, 1.82) is 0 Å². The standard InChI is InChI=1S/C30H36O4S/c1-20(11-21-3-5-25(6-4-21)29(31)32)26-7-8-28(35-19-34-10-9-33-2)27(15-26)30-16-22-12-23(17-30)14-24(13-22)18-30/h3-8,11,15,22-24H,9-10,12-14,16-19H2,1-2H3,(H,31,32). The molecule has 4 aliphatic carbocycles. The van der Waals surface area contributed by atoms with E-state index in [0.717, 1.165) is 23.3 Å². The lowest BCUT2D eigenvalue weighted by Gasteiger charge is -2.57. The van der Waals surface area contributed by atoms with Gasteiger partial charge in [-0.05, 0) is 115 Å². The molecule has 1 N–H and O–H groups in total. The second-order valence-corrected chi connectivity index (χ2v) is 11.8. The van der Waals surface area contributed by atoms with Gasteiger partial charge < -0.3 is 14.6 Å². The van der Waals surface area contributed by atoms with E-state index >= 15 is 0 Å². The van der Waals surface area contributed by atoms with E-state index in [4.69, 9.17) is 9.47 Å². The zero-order valence-corrected chi connectivity index (χ0v) is 21.6. The molecule has 0 radical (unpaired) electrons. The molecule has 0 unspecified atom stereocenters. The highest BCUT2D eigenvalue weighted by Crippen LogP contribution is 2.61. The molecule has 0 saturated heterocycles. The van der Waals surface area contributed by atoms with Gasteiger partial charge in [0.2, 0.25) is 0 Å². The molecule has 4 fully saturated rings. The first-order valence-corrected chi connectivity index (χ1v) is 13.8. The molecule has 4 bridgehead atoms. The first-order chi connectivity index (χ1) is 17.0. The van der Waals surface area contributed by atoms with Crippen LogP contribution < -0.4 is 0 Å². The largest absolute Gasteiger partial charge is 0.478 e. The maximum absolute atomic E-state index is 11.2. The number of aromatic carboxylic acids is 1. The van der Waals surface area contributed by atoms with Crippen LogP contribution in [0.2, 0.25) is 0 Å². The summed E-state index contributed by atoms with van der Waals surface area (Å²) in [6, 6.07) is 14.1. The van der Waals surface area contributed by atoms with E-state index in [1.165, 1.54) is 60.1 Å². The van der Waals surface area contributed by atoms with Crippen LogP contribution in [-0.2, 0) is 14.9 Å². The van der Waals surface area contributed by atoms with E-state index in [9.17, 15) is 9.90 Å². The van der Waals surface area contributed by atoms with E-state index in [1.54, 1.807) is 19.2 Å². The zero-order valence-electron chi connectivity index (χ0n) is 20.8. The summed E-state index contributed by atoms with van der Waals surface area (Å²) in [6.45, 7) is 3.40. The van der Waals surface area contributed by atoms with Crippen LogP contribution in [0.4, 0.5) is 0 Å². The second kappa shape index (κ2) is 10.5. The Hall–Kier alpha value is -2.08. The first kappa shape index (κ1) is 24.6. The molecule has 0 aliphatic heterocycles. The van der Waals surface area contributed by atoms with Gasteiger partial charge in [0.05, 0.1) is 24.7 Å². The number of carboxylic acids is 1. The van der Waals surface area contributed by atoms with Gasteiger partial charge in [-0.1, -0.05) is 36.0 Å². The number of hydrogen-bond donors (Lipinski definition) is 1. The molecule has 35 heavy (non-hydrogen) atoms. The summed E-state index contributed by atoms with van der Waals surface area (Å²) in [6.07, 6.45) is 10.5. The topological polar surface area (TPSA) is 55.8 Å². The number of carboxylic acid groups (broad SMARTS) is 1. The van der Waals surface area contributed by atoms with Gasteiger partial charge in [0.25, 0.3) is 0 Å². The minimum atomic E-state index is -0.892. The molecule has 2 aromatic carbocycles. The molecule has 6 rings (SSSR count). The Morgan fingerprint density at radius 2 is 1.63 bits per heavy atom. The summed E-state index contributed by atoms with van der Waals surface area (Å²) in [5, 5.41) is 9.18. The fourth-order valence-corrected chi connectivity index (χ4v) is 8.04. The number of allylic oxidation sites excluding steroid dienone is 1. The number of benzene rings is 2. The van der Waals surface area contributed by atoms with E-state index < -0.39 is 5.97 Å². The molecule has 0 amide bonds. The lowest BCUT2D eigenvalue weighted by Crippen LogP contribution is -2.48. The summed E-state index contributed by atoms with van der Waals surface area (Å²) in [5.41, 5.74) is 5.63. The number of methoxy groups -OCH3 is 1.